The molecule has 1 aliphatic carbocycles. The molecule has 3 aromatic carbocycles. The Morgan fingerprint density at radius 3 is 2.00 bits per heavy atom. The number of rotatable bonds is 1. The van der Waals surface area contributed by atoms with Crippen LogP contribution in [0.25, 0.3) is 21.9 Å². The standard InChI is InChI=1S/C25H27BO2/c1-23(2)20-12-8-10-16-9-7-11-19(22(16)20)18-14-13-17(15-21(18)23)26-27-24(3,4)25(5,6)28-26/h7-15H,1-6H3. The van der Waals surface area contributed by atoms with Gasteiger partial charge in [-0.15, -0.1) is 0 Å². The lowest BCUT2D eigenvalue weighted by atomic mass is 9.66. The average molecular weight is 370 g/mol. The summed E-state index contributed by atoms with van der Waals surface area (Å²) in [7, 11) is -0.334. The molecule has 142 valence electrons. The first-order valence-electron chi connectivity index (χ1n) is 10.1. The molecule has 5 rings (SSSR count). The van der Waals surface area contributed by atoms with Crippen molar-refractivity contribution in [3.63, 3.8) is 0 Å². The summed E-state index contributed by atoms with van der Waals surface area (Å²) in [6.45, 7) is 13.1. The van der Waals surface area contributed by atoms with E-state index in [2.05, 4.69) is 96.1 Å². The fourth-order valence-electron chi connectivity index (χ4n) is 4.67. The molecular weight excluding hydrogens is 343 g/mol. The third-order valence-electron chi connectivity index (χ3n) is 7.11. The molecule has 3 aromatic rings. The highest BCUT2D eigenvalue weighted by atomic mass is 16.7. The molecule has 0 atom stereocenters. The van der Waals surface area contributed by atoms with E-state index in [4.69, 9.17) is 9.31 Å². The van der Waals surface area contributed by atoms with Crippen LogP contribution in [0, 0.1) is 0 Å². The van der Waals surface area contributed by atoms with Crippen LogP contribution in [0.3, 0.4) is 0 Å². The molecule has 0 unspecified atom stereocenters. The second-order valence-corrected chi connectivity index (χ2v) is 9.73. The summed E-state index contributed by atoms with van der Waals surface area (Å²) in [6, 6.07) is 20.0. The Balaban J connectivity index is 1.70. The van der Waals surface area contributed by atoms with Crippen LogP contribution in [-0.4, -0.2) is 18.3 Å². The highest BCUT2D eigenvalue weighted by Crippen LogP contribution is 2.48. The van der Waals surface area contributed by atoms with Crippen molar-refractivity contribution in [3.05, 3.63) is 65.7 Å². The summed E-state index contributed by atoms with van der Waals surface area (Å²) in [4.78, 5) is 0. The van der Waals surface area contributed by atoms with Gasteiger partial charge in [-0.3, -0.25) is 0 Å². The van der Waals surface area contributed by atoms with E-state index in [1.165, 1.54) is 33.0 Å². The van der Waals surface area contributed by atoms with Gasteiger partial charge < -0.3 is 9.31 Å². The summed E-state index contributed by atoms with van der Waals surface area (Å²) in [5.74, 6) is 0. The van der Waals surface area contributed by atoms with Gasteiger partial charge in [-0.05, 0) is 66.2 Å². The maximum atomic E-state index is 6.31. The van der Waals surface area contributed by atoms with Crippen molar-refractivity contribution in [2.45, 2.75) is 58.2 Å². The smallest absolute Gasteiger partial charge is 0.399 e. The fraction of sp³-hybridized carbons (Fsp3) is 0.360. The number of hydrogen-bond donors (Lipinski definition) is 0. The Hall–Kier alpha value is -2.10. The number of fused-ring (bicyclic) bond motifs is 2. The van der Waals surface area contributed by atoms with Crippen molar-refractivity contribution in [2.24, 2.45) is 0 Å². The van der Waals surface area contributed by atoms with Crippen LogP contribution in [-0.2, 0) is 14.7 Å². The summed E-state index contributed by atoms with van der Waals surface area (Å²) in [6.07, 6.45) is 0. The number of hydrogen-bond acceptors (Lipinski definition) is 2. The first-order chi connectivity index (χ1) is 13.1. The van der Waals surface area contributed by atoms with Crippen LogP contribution >= 0.6 is 0 Å². The Labute approximate surface area is 168 Å². The Morgan fingerprint density at radius 1 is 0.679 bits per heavy atom. The fourth-order valence-corrected chi connectivity index (χ4v) is 4.67. The van der Waals surface area contributed by atoms with E-state index in [1.54, 1.807) is 0 Å². The summed E-state index contributed by atoms with van der Waals surface area (Å²) >= 11 is 0. The normalized spacial score (nSPS) is 21.0. The van der Waals surface area contributed by atoms with Gasteiger partial charge in [0.1, 0.15) is 0 Å². The van der Waals surface area contributed by atoms with Crippen molar-refractivity contribution < 1.29 is 9.31 Å². The second kappa shape index (κ2) is 5.49. The average Bonchev–Trinajstić information content (AvgIpc) is 2.87. The monoisotopic (exact) mass is 370 g/mol. The maximum absolute atomic E-state index is 6.31. The first-order valence-corrected chi connectivity index (χ1v) is 10.1. The van der Waals surface area contributed by atoms with Crippen molar-refractivity contribution in [1.29, 1.82) is 0 Å². The Bertz CT molecular complexity index is 1090. The zero-order chi connectivity index (χ0) is 19.9. The van der Waals surface area contributed by atoms with Gasteiger partial charge in [-0.1, -0.05) is 68.4 Å². The topological polar surface area (TPSA) is 18.5 Å². The third kappa shape index (κ3) is 2.30. The lowest BCUT2D eigenvalue weighted by Gasteiger charge is -2.35. The van der Waals surface area contributed by atoms with Gasteiger partial charge in [0.05, 0.1) is 11.2 Å². The molecule has 0 radical (unpaired) electrons. The molecule has 1 heterocycles. The third-order valence-corrected chi connectivity index (χ3v) is 7.11. The van der Waals surface area contributed by atoms with E-state index in [1.807, 2.05) is 0 Å². The molecule has 0 N–H and O–H groups in total. The van der Waals surface area contributed by atoms with Crippen LogP contribution in [0.15, 0.2) is 54.6 Å². The lowest BCUT2D eigenvalue weighted by molar-refractivity contribution is 0.00578. The lowest BCUT2D eigenvalue weighted by Crippen LogP contribution is -2.41. The summed E-state index contributed by atoms with van der Waals surface area (Å²) in [5.41, 5.74) is 5.71. The quantitative estimate of drug-likeness (QED) is 0.531. The molecule has 1 fully saturated rings. The van der Waals surface area contributed by atoms with E-state index in [0.29, 0.717) is 0 Å². The van der Waals surface area contributed by atoms with Gasteiger partial charge in [0.25, 0.3) is 0 Å². The molecule has 2 nitrogen and oxygen atoms in total. The van der Waals surface area contributed by atoms with Crippen LogP contribution in [0.2, 0.25) is 0 Å². The van der Waals surface area contributed by atoms with Gasteiger partial charge in [-0.2, -0.15) is 0 Å². The van der Waals surface area contributed by atoms with Gasteiger partial charge in [0.2, 0.25) is 0 Å². The van der Waals surface area contributed by atoms with Crippen LogP contribution in [0.5, 0.6) is 0 Å². The van der Waals surface area contributed by atoms with Crippen LogP contribution < -0.4 is 5.46 Å². The molecule has 0 amide bonds. The zero-order valence-electron chi connectivity index (χ0n) is 17.6. The highest BCUT2D eigenvalue weighted by molar-refractivity contribution is 6.62. The predicted octanol–water partition coefficient (Wildman–Crippen LogP) is 5.45. The largest absolute Gasteiger partial charge is 0.494 e. The Morgan fingerprint density at radius 2 is 1.32 bits per heavy atom. The molecule has 2 aliphatic rings. The van der Waals surface area contributed by atoms with Crippen molar-refractivity contribution in [1.82, 2.24) is 0 Å². The molecule has 0 aromatic heterocycles. The van der Waals surface area contributed by atoms with E-state index in [9.17, 15) is 0 Å². The van der Waals surface area contributed by atoms with E-state index >= 15 is 0 Å². The molecule has 1 aliphatic heterocycles. The van der Waals surface area contributed by atoms with Crippen LogP contribution in [0.1, 0.15) is 52.7 Å². The minimum atomic E-state index is -0.334. The second-order valence-electron chi connectivity index (χ2n) is 9.73. The van der Waals surface area contributed by atoms with E-state index in [-0.39, 0.29) is 23.7 Å². The molecule has 28 heavy (non-hydrogen) atoms. The predicted molar refractivity (Wildman–Crippen MR) is 117 cm³/mol. The first kappa shape index (κ1) is 18.0. The highest BCUT2D eigenvalue weighted by Gasteiger charge is 2.52. The molecular formula is C25H27BO2. The zero-order valence-corrected chi connectivity index (χ0v) is 17.6. The summed E-state index contributed by atoms with van der Waals surface area (Å²) in [5, 5.41) is 2.69. The SMILES string of the molecule is CC1(C)c2cc(B3OC(C)(C)C(C)(C)O3)ccc2-c2cccc3cccc1c23. The minimum absolute atomic E-state index is 0.0805. The minimum Gasteiger partial charge on any atom is -0.399 e. The Kier molecular flexibility index (Phi) is 3.52. The molecule has 1 saturated heterocycles. The molecule has 0 bridgehead atoms. The van der Waals surface area contributed by atoms with Crippen LogP contribution in [0.4, 0.5) is 0 Å². The van der Waals surface area contributed by atoms with Crippen molar-refractivity contribution in [2.75, 3.05) is 0 Å². The van der Waals surface area contributed by atoms with Gasteiger partial charge in [-0.25, -0.2) is 0 Å². The number of benzene rings is 3. The van der Waals surface area contributed by atoms with Gasteiger partial charge in [0, 0.05) is 5.41 Å². The molecule has 0 spiro atoms. The van der Waals surface area contributed by atoms with Crippen molar-refractivity contribution in [3.8, 4) is 11.1 Å². The van der Waals surface area contributed by atoms with Gasteiger partial charge in [0.15, 0.2) is 0 Å². The van der Waals surface area contributed by atoms with E-state index < -0.39 is 0 Å². The summed E-state index contributed by atoms with van der Waals surface area (Å²) < 4.78 is 12.6. The molecule has 3 heteroatoms. The van der Waals surface area contributed by atoms with Crippen molar-refractivity contribution >= 4 is 23.4 Å². The van der Waals surface area contributed by atoms with Gasteiger partial charge >= 0.3 is 7.12 Å². The van der Waals surface area contributed by atoms with E-state index in [0.717, 1.165) is 5.46 Å². The maximum Gasteiger partial charge on any atom is 0.494 e. The molecule has 0 saturated carbocycles.